The van der Waals surface area contributed by atoms with Crippen LogP contribution in [0.2, 0.25) is 0 Å². The van der Waals surface area contributed by atoms with Gasteiger partial charge in [-0.2, -0.15) is 0 Å². The predicted molar refractivity (Wildman–Crippen MR) is 83.4 cm³/mol. The maximum Gasteiger partial charge on any atom is 0.118 e. The minimum Gasteiger partial charge on any atom is -0.497 e. The number of halogens is 1. The van der Waals surface area contributed by atoms with Crippen LogP contribution in [-0.2, 0) is 6.54 Å². The third-order valence-corrected chi connectivity index (χ3v) is 5.55. The zero-order chi connectivity index (χ0) is 12.8. The molecule has 2 saturated heterocycles. The normalized spacial score (nSPS) is 34.9. The summed E-state index contributed by atoms with van der Waals surface area (Å²) < 4.78 is 5.24. The molecule has 2 nitrogen and oxygen atoms in total. The molecule has 4 fully saturated rings. The van der Waals surface area contributed by atoms with Crippen LogP contribution in [0, 0.1) is 11.8 Å². The van der Waals surface area contributed by atoms with E-state index in [1.807, 2.05) is 0 Å². The van der Waals surface area contributed by atoms with Gasteiger partial charge in [0.15, 0.2) is 0 Å². The third-order valence-electron chi connectivity index (χ3n) is 5.55. The van der Waals surface area contributed by atoms with E-state index >= 15 is 0 Å². The maximum absolute atomic E-state index is 5.24. The van der Waals surface area contributed by atoms with Crippen molar-refractivity contribution in [2.24, 2.45) is 11.8 Å². The van der Waals surface area contributed by atoms with Gasteiger partial charge in [0, 0.05) is 18.6 Å². The van der Waals surface area contributed by atoms with Crippen LogP contribution >= 0.6 is 12.4 Å². The molecule has 1 aromatic carbocycles. The summed E-state index contributed by atoms with van der Waals surface area (Å²) in [4.78, 5) is 2.80. The fourth-order valence-corrected chi connectivity index (χ4v) is 4.82. The van der Waals surface area contributed by atoms with Gasteiger partial charge in [0.25, 0.3) is 0 Å². The number of hydrogen-bond acceptors (Lipinski definition) is 2. The van der Waals surface area contributed by atoms with Crippen molar-refractivity contribution in [2.75, 3.05) is 7.11 Å². The standard InChI is InChI=1S/C17H23NO.ClH/c1-19-17-4-2-12(3-5-17)11-18-15-7-13-6-14(9-15)10-16(18)8-13;/h2-5,13-16H,6-11H2,1H3;1H. The van der Waals surface area contributed by atoms with Crippen LogP contribution in [0.15, 0.2) is 24.3 Å². The lowest BCUT2D eigenvalue weighted by atomic mass is 9.63. The molecule has 0 unspecified atom stereocenters. The van der Waals surface area contributed by atoms with Crippen LogP contribution in [0.25, 0.3) is 0 Å². The molecular weight excluding hydrogens is 270 g/mol. The monoisotopic (exact) mass is 293 g/mol. The molecule has 0 atom stereocenters. The van der Waals surface area contributed by atoms with Crippen molar-refractivity contribution in [2.45, 2.75) is 50.7 Å². The lowest BCUT2D eigenvalue weighted by Gasteiger charge is -2.56. The van der Waals surface area contributed by atoms with E-state index in [1.54, 1.807) is 7.11 Å². The van der Waals surface area contributed by atoms with Crippen LogP contribution in [0.4, 0.5) is 0 Å². The van der Waals surface area contributed by atoms with E-state index in [4.69, 9.17) is 4.74 Å². The highest BCUT2D eigenvalue weighted by Gasteiger charge is 2.46. The van der Waals surface area contributed by atoms with Crippen molar-refractivity contribution in [3.05, 3.63) is 29.8 Å². The molecule has 2 heterocycles. The van der Waals surface area contributed by atoms with Crippen LogP contribution in [0.5, 0.6) is 5.75 Å². The molecule has 0 aromatic heterocycles. The first kappa shape index (κ1) is 14.2. The molecule has 1 aromatic rings. The number of ether oxygens (including phenoxy) is 1. The zero-order valence-corrected chi connectivity index (χ0v) is 12.9. The second-order valence-electron chi connectivity index (χ2n) is 6.74. The van der Waals surface area contributed by atoms with Crippen molar-refractivity contribution in [1.82, 2.24) is 4.90 Å². The Morgan fingerprint density at radius 2 is 1.50 bits per heavy atom. The van der Waals surface area contributed by atoms with Crippen molar-refractivity contribution in [3.63, 3.8) is 0 Å². The Morgan fingerprint density at radius 3 is 2.00 bits per heavy atom. The Hall–Kier alpha value is -0.730. The molecule has 4 bridgehead atoms. The number of methoxy groups -OCH3 is 1. The molecule has 0 radical (unpaired) electrons. The second-order valence-corrected chi connectivity index (χ2v) is 6.74. The van der Waals surface area contributed by atoms with Gasteiger partial charge in [-0.3, -0.25) is 4.90 Å². The number of nitrogens with zero attached hydrogens (tertiary/aromatic N) is 1. The smallest absolute Gasteiger partial charge is 0.118 e. The summed E-state index contributed by atoms with van der Waals surface area (Å²) in [6.45, 7) is 1.14. The molecule has 4 aliphatic rings. The summed E-state index contributed by atoms with van der Waals surface area (Å²) in [5.74, 6) is 3.06. The minimum absolute atomic E-state index is 0. The van der Waals surface area contributed by atoms with Crippen LogP contribution < -0.4 is 4.74 Å². The number of benzene rings is 1. The average Bonchev–Trinajstić information content (AvgIpc) is 2.43. The SMILES string of the molecule is COc1ccc(CN2C3CC4CC(C3)CC2C4)cc1.Cl. The summed E-state index contributed by atoms with van der Waals surface area (Å²) in [6, 6.07) is 10.4. The van der Waals surface area contributed by atoms with E-state index in [0.717, 1.165) is 36.2 Å². The molecule has 5 rings (SSSR count). The predicted octanol–water partition coefficient (Wildman–Crippen LogP) is 3.88. The van der Waals surface area contributed by atoms with Crippen LogP contribution in [-0.4, -0.2) is 24.1 Å². The number of rotatable bonds is 3. The largest absolute Gasteiger partial charge is 0.497 e. The van der Waals surface area contributed by atoms with Gasteiger partial charge >= 0.3 is 0 Å². The molecule has 3 heteroatoms. The molecule has 20 heavy (non-hydrogen) atoms. The van der Waals surface area contributed by atoms with Gasteiger partial charge in [0.2, 0.25) is 0 Å². The highest BCUT2D eigenvalue weighted by atomic mass is 35.5. The highest BCUT2D eigenvalue weighted by Crippen LogP contribution is 2.49. The topological polar surface area (TPSA) is 12.5 Å². The molecule has 2 aliphatic carbocycles. The van der Waals surface area contributed by atoms with Gasteiger partial charge in [-0.15, -0.1) is 12.4 Å². The molecular formula is C17H24ClNO. The Bertz CT molecular complexity index is 431. The summed E-state index contributed by atoms with van der Waals surface area (Å²) >= 11 is 0. The van der Waals surface area contributed by atoms with Gasteiger partial charge < -0.3 is 4.74 Å². The van der Waals surface area contributed by atoms with Gasteiger partial charge in [0.1, 0.15) is 5.75 Å². The van der Waals surface area contributed by atoms with Crippen molar-refractivity contribution in [1.29, 1.82) is 0 Å². The van der Waals surface area contributed by atoms with Gasteiger partial charge in [-0.25, -0.2) is 0 Å². The Labute approximate surface area is 127 Å². The number of hydrogen-bond donors (Lipinski definition) is 0. The first-order valence-corrected chi connectivity index (χ1v) is 7.70. The molecule has 0 amide bonds. The average molecular weight is 294 g/mol. The van der Waals surface area contributed by atoms with Crippen LogP contribution in [0.1, 0.15) is 37.7 Å². The van der Waals surface area contributed by atoms with E-state index in [0.29, 0.717) is 0 Å². The fraction of sp³-hybridized carbons (Fsp3) is 0.647. The summed E-state index contributed by atoms with van der Waals surface area (Å²) in [5, 5.41) is 0. The quantitative estimate of drug-likeness (QED) is 0.838. The lowest BCUT2D eigenvalue weighted by molar-refractivity contribution is -0.0636. The van der Waals surface area contributed by atoms with Gasteiger partial charge in [-0.05, 0) is 61.6 Å². The molecule has 2 saturated carbocycles. The highest BCUT2D eigenvalue weighted by molar-refractivity contribution is 5.85. The maximum atomic E-state index is 5.24. The summed E-state index contributed by atoms with van der Waals surface area (Å²) in [5.41, 5.74) is 1.44. The molecule has 2 aliphatic heterocycles. The molecule has 0 N–H and O–H groups in total. The Balaban J connectivity index is 0.00000121. The minimum atomic E-state index is 0. The Kier molecular flexibility index (Phi) is 3.96. The van der Waals surface area contributed by atoms with E-state index in [-0.39, 0.29) is 12.4 Å². The Morgan fingerprint density at radius 1 is 0.950 bits per heavy atom. The van der Waals surface area contributed by atoms with E-state index < -0.39 is 0 Å². The van der Waals surface area contributed by atoms with E-state index in [1.165, 1.54) is 37.7 Å². The van der Waals surface area contributed by atoms with Crippen molar-refractivity contribution >= 4 is 12.4 Å². The van der Waals surface area contributed by atoms with Gasteiger partial charge in [0.05, 0.1) is 7.11 Å². The van der Waals surface area contributed by atoms with E-state index in [9.17, 15) is 0 Å². The third kappa shape index (κ3) is 2.44. The first-order valence-electron chi connectivity index (χ1n) is 7.70. The first-order chi connectivity index (χ1) is 9.31. The number of piperidine rings is 2. The van der Waals surface area contributed by atoms with Crippen molar-refractivity contribution < 1.29 is 4.74 Å². The zero-order valence-electron chi connectivity index (χ0n) is 12.1. The lowest BCUT2D eigenvalue weighted by Crippen LogP contribution is -2.57. The van der Waals surface area contributed by atoms with Crippen molar-refractivity contribution in [3.8, 4) is 5.75 Å². The second kappa shape index (κ2) is 5.57. The van der Waals surface area contributed by atoms with Crippen LogP contribution in [0.3, 0.4) is 0 Å². The summed E-state index contributed by atoms with van der Waals surface area (Å²) in [7, 11) is 1.73. The molecule has 110 valence electrons. The molecule has 0 spiro atoms. The fourth-order valence-electron chi connectivity index (χ4n) is 4.82. The summed E-state index contributed by atoms with van der Waals surface area (Å²) in [6.07, 6.45) is 7.38. The van der Waals surface area contributed by atoms with Gasteiger partial charge in [-0.1, -0.05) is 12.1 Å². The van der Waals surface area contributed by atoms with E-state index in [2.05, 4.69) is 29.2 Å².